The van der Waals surface area contributed by atoms with Crippen LogP contribution in [-0.2, 0) is 11.3 Å². The molecule has 1 fully saturated rings. The molecule has 1 aliphatic rings. The van der Waals surface area contributed by atoms with Gasteiger partial charge in [0.25, 0.3) is 0 Å². The smallest absolute Gasteiger partial charge is 0.147 e. The molecule has 4 nitrogen and oxygen atoms in total. The summed E-state index contributed by atoms with van der Waals surface area (Å²) in [6.45, 7) is 8.46. The van der Waals surface area contributed by atoms with Gasteiger partial charge in [-0.05, 0) is 24.6 Å². The van der Waals surface area contributed by atoms with Gasteiger partial charge in [-0.1, -0.05) is 25.4 Å². The van der Waals surface area contributed by atoms with Crippen molar-refractivity contribution in [3.05, 3.63) is 22.8 Å². The van der Waals surface area contributed by atoms with Crippen LogP contribution in [0.1, 0.15) is 25.8 Å². The lowest BCUT2D eigenvalue weighted by atomic mass is 10.2. The van der Waals surface area contributed by atoms with Gasteiger partial charge in [-0.15, -0.1) is 0 Å². The van der Waals surface area contributed by atoms with Crippen molar-refractivity contribution in [1.82, 2.24) is 10.3 Å². The second kappa shape index (κ2) is 7.08. The third-order valence-corrected chi connectivity index (χ3v) is 3.63. The van der Waals surface area contributed by atoms with Crippen molar-refractivity contribution < 1.29 is 4.74 Å². The summed E-state index contributed by atoms with van der Waals surface area (Å²) in [6.07, 6.45) is 3.21. The number of pyridine rings is 1. The molecule has 106 valence electrons. The van der Waals surface area contributed by atoms with Gasteiger partial charge in [0.2, 0.25) is 0 Å². The number of halogens is 1. The van der Waals surface area contributed by atoms with Crippen LogP contribution in [0.2, 0.25) is 5.02 Å². The Bertz CT molecular complexity index is 414. The molecule has 1 unspecified atom stereocenters. The number of nitrogens with one attached hydrogen (secondary N) is 1. The van der Waals surface area contributed by atoms with Crippen molar-refractivity contribution >= 4 is 17.4 Å². The third kappa shape index (κ3) is 3.81. The van der Waals surface area contributed by atoms with Gasteiger partial charge in [0.15, 0.2) is 0 Å². The molecule has 1 atom stereocenters. The average molecular weight is 284 g/mol. The molecule has 19 heavy (non-hydrogen) atoms. The topological polar surface area (TPSA) is 37.4 Å². The molecule has 2 heterocycles. The van der Waals surface area contributed by atoms with E-state index in [1.807, 2.05) is 12.3 Å². The molecule has 2 rings (SSSR count). The summed E-state index contributed by atoms with van der Waals surface area (Å²) in [7, 11) is 0. The summed E-state index contributed by atoms with van der Waals surface area (Å²) >= 11 is 6.36. The second-order valence-corrected chi connectivity index (χ2v) is 5.18. The highest BCUT2D eigenvalue weighted by atomic mass is 35.5. The van der Waals surface area contributed by atoms with Crippen LogP contribution in [0.15, 0.2) is 12.3 Å². The van der Waals surface area contributed by atoms with Crippen LogP contribution in [-0.4, -0.2) is 37.3 Å². The van der Waals surface area contributed by atoms with E-state index in [2.05, 4.69) is 29.0 Å². The lowest BCUT2D eigenvalue weighted by Crippen LogP contribution is -2.42. The maximum Gasteiger partial charge on any atom is 0.147 e. The number of aromatic nitrogens is 1. The fraction of sp³-hybridized carbons (Fsp3) is 0.643. The molecular weight excluding hydrogens is 262 g/mol. The fourth-order valence-corrected chi connectivity index (χ4v) is 2.54. The van der Waals surface area contributed by atoms with Crippen molar-refractivity contribution in [2.45, 2.75) is 32.9 Å². The third-order valence-electron chi connectivity index (χ3n) is 3.35. The van der Waals surface area contributed by atoms with E-state index in [0.29, 0.717) is 0 Å². The highest BCUT2D eigenvalue weighted by Gasteiger charge is 2.21. The number of anilines is 1. The zero-order valence-electron chi connectivity index (χ0n) is 11.7. The summed E-state index contributed by atoms with van der Waals surface area (Å²) < 4.78 is 5.67. The van der Waals surface area contributed by atoms with Crippen molar-refractivity contribution in [1.29, 1.82) is 0 Å². The normalized spacial score (nSPS) is 19.7. The van der Waals surface area contributed by atoms with Crippen LogP contribution < -0.4 is 10.2 Å². The van der Waals surface area contributed by atoms with E-state index < -0.39 is 0 Å². The number of morpholine rings is 1. The molecule has 0 radical (unpaired) electrons. The summed E-state index contributed by atoms with van der Waals surface area (Å²) in [5, 5.41) is 4.00. The first-order valence-electron chi connectivity index (χ1n) is 6.96. The summed E-state index contributed by atoms with van der Waals surface area (Å²) in [6, 6.07) is 2.00. The van der Waals surface area contributed by atoms with Crippen LogP contribution in [0.25, 0.3) is 0 Å². The number of rotatable bonds is 5. The molecule has 1 aromatic heterocycles. The summed E-state index contributed by atoms with van der Waals surface area (Å²) in [4.78, 5) is 6.74. The fourth-order valence-electron chi connectivity index (χ4n) is 2.23. The van der Waals surface area contributed by atoms with Crippen LogP contribution >= 0.6 is 11.6 Å². The van der Waals surface area contributed by atoms with Gasteiger partial charge in [0.05, 0.1) is 17.7 Å². The summed E-state index contributed by atoms with van der Waals surface area (Å²) in [5.74, 6) is 0.878. The Morgan fingerprint density at radius 3 is 3.05 bits per heavy atom. The highest BCUT2D eigenvalue weighted by Crippen LogP contribution is 2.26. The number of hydrogen-bond acceptors (Lipinski definition) is 4. The van der Waals surface area contributed by atoms with Gasteiger partial charge < -0.3 is 15.0 Å². The van der Waals surface area contributed by atoms with Gasteiger partial charge >= 0.3 is 0 Å². The minimum atomic E-state index is 0.285. The summed E-state index contributed by atoms with van der Waals surface area (Å²) in [5.41, 5.74) is 1.12. The Morgan fingerprint density at radius 1 is 1.53 bits per heavy atom. The highest BCUT2D eigenvalue weighted by molar-refractivity contribution is 6.33. The molecule has 0 spiro atoms. The van der Waals surface area contributed by atoms with Crippen molar-refractivity contribution in [2.75, 3.05) is 31.1 Å². The van der Waals surface area contributed by atoms with Crippen molar-refractivity contribution in [3.8, 4) is 0 Å². The standard InChI is InChI=1S/C14H22ClN3O/c1-3-12-10-18(5-6-19-12)14-13(15)7-11(9-17-14)8-16-4-2/h7,9,12,16H,3-6,8,10H2,1-2H3. The number of nitrogens with zero attached hydrogens (tertiary/aromatic N) is 2. The first-order chi connectivity index (χ1) is 9.24. The molecule has 0 aliphatic carbocycles. The second-order valence-electron chi connectivity index (χ2n) is 4.78. The Labute approximate surface area is 120 Å². The molecule has 5 heteroatoms. The molecule has 1 saturated heterocycles. The zero-order chi connectivity index (χ0) is 13.7. The SMILES string of the molecule is CCNCc1cnc(N2CCOC(CC)C2)c(Cl)c1. The Kier molecular flexibility index (Phi) is 5.43. The average Bonchev–Trinajstić information content (AvgIpc) is 2.45. The lowest BCUT2D eigenvalue weighted by molar-refractivity contribution is 0.0382. The molecule has 1 N–H and O–H groups in total. The molecule has 0 aromatic carbocycles. The quantitative estimate of drug-likeness (QED) is 0.901. The van der Waals surface area contributed by atoms with Crippen LogP contribution in [0.3, 0.4) is 0 Å². The monoisotopic (exact) mass is 283 g/mol. The molecule has 0 amide bonds. The lowest BCUT2D eigenvalue weighted by Gasteiger charge is -2.33. The van der Waals surface area contributed by atoms with Crippen LogP contribution in [0, 0.1) is 0 Å². The molecule has 1 aliphatic heterocycles. The zero-order valence-corrected chi connectivity index (χ0v) is 12.4. The van der Waals surface area contributed by atoms with Crippen molar-refractivity contribution in [2.24, 2.45) is 0 Å². The maximum absolute atomic E-state index is 6.36. The van der Waals surface area contributed by atoms with E-state index >= 15 is 0 Å². The Morgan fingerprint density at radius 2 is 2.37 bits per heavy atom. The van der Waals surface area contributed by atoms with Gasteiger partial charge in [-0.2, -0.15) is 0 Å². The van der Waals surface area contributed by atoms with E-state index in [0.717, 1.165) is 55.6 Å². The minimum absolute atomic E-state index is 0.285. The molecule has 0 saturated carbocycles. The largest absolute Gasteiger partial charge is 0.375 e. The predicted molar refractivity (Wildman–Crippen MR) is 78.9 cm³/mol. The Hall–Kier alpha value is -0.840. The molecular formula is C14H22ClN3O. The van der Waals surface area contributed by atoms with Crippen LogP contribution in [0.5, 0.6) is 0 Å². The van der Waals surface area contributed by atoms with Crippen molar-refractivity contribution in [3.63, 3.8) is 0 Å². The van der Waals surface area contributed by atoms with E-state index in [1.165, 1.54) is 0 Å². The van der Waals surface area contributed by atoms with E-state index in [-0.39, 0.29) is 6.10 Å². The van der Waals surface area contributed by atoms with Gasteiger partial charge in [0.1, 0.15) is 5.82 Å². The van der Waals surface area contributed by atoms with Crippen LogP contribution in [0.4, 0.5) is 5.82 Å². The van der Waals surface area contributed by atoms with Gasteiger partial charge in [-0.25, -0.2) is 4.98 Å². The Balaban J connectivity index is 2.07. The van der Waals surface area contributed by atoms with E-state index in [1.54, 1.807) is 0 Å². The maximum atomic E-state index is 6.36. The number of hydrogen-bond donors (Lipinski definition) is 1. The molecule has 0 bridgehead atoms. The minimum Gasteiger partial charge on any atom is -0.375 e. The van der Waals surface area contributed by atoms with Gasteiger partial charge in [-0.3, -0.25) is 0 Å². The predicted octanol–water partition coefficient (Wildman–Crippen LogP) is 2.46. The van der Waals surface area contributed by atoms with E-state index in [9.17, 15) is 0 Å². The van der Waals surface area contributed by atoms with Gasteiger partial charge in [0, 0.05) is 25.8 Å². The molecule has 1 aromatic rings. The first kappa shape index (κ1) is 14.6. The number of ether oxygens (including phenoxy) is 1. The first-order valence-corrected chi connectivity index (χ1v) is 7.34. The van der Waals surface area contributed by atoms with E-state index in [4.69, 9.17) is 16.3 Å².